The number of alkyl halides is 2. The average Bonchev–Trinajstić information content (AvgIpc) is 3.05. The van der Waals surface area contributed by atoms with Crippen LogP contribution in [0.25, 0.3) is 10.9 Å². The van der Waals surface area contributed by atoms with E-state index in [4.69, 9.17) is 14.2 Å². The largest absolute Gasteiger partial charge is 0.493 e. The first-order valence-electron chi connectivity index (χ1n) is 14.1. The van der Waals surface area contributed by atoms with E-state index in [0.717, 1.165) is 16.5 Å². The molecule has 0 N–H and O–H groups in total. The number of halogens is 2. The Morgan fingerprint density at radius 1 is 0.930 bits per heavy atom. The van der Waals surface area contributed by atoms with E-state index in [2.05, 4.69) is 0 Å². The van der Waals surface area contributed by atoms with Gasteiger partial charge in [0.15, 0.2) is 17.6 Å². The summed E-state index contributed by atoms with van der Waals surface area (Å²) in [5, 5.41) is 0.182. The third-order valence-electron chi connectivity index (χ3n) is 7.61. The van der Waals surface area contributed by atoms with Crippen LogP contribution in [-0.2, 0) is 17.9 Å². The molecule has 1 fully saturated rings. The van der Waals surface area contributed by atoms with Crippen LogP contribution < -0.4 is 25.5 Å². The lowest BCUT2D eigenvalue weighted by molar-refractivity contribution is -0.119. The third kappa shape index (κ3) is 6.55. The number of hydrogen-bond donors (Lipinski definition) is 0. The number of carbonyl (C=O) groups is 1. The summed E-state index contributed by atoms with van der Waals surface area (Å²) in [6, 6.07) is 19.1. The molecule has 0 unspecified atom stereocenters. The minimum absolute atomic E-state index is 0.0568. The average molecular weight is 594 g/mol. The number of amides is 1. The molecule has 226 valence electrons. The number of hydrogen-bond acceptors (Lipinski definition) is 6. The molecule has 1 aromatic heterocycles. The lowest BCUT2D eigenvalue weighted by Crippen LogP contribution is -2.44. The van der Waals surface area contributed by atoms with Gasteiger partial charge in [0.05, 0.1) is 24.6 Å². The maximum Gasteiger partial charge on any atom is 0.332 e. The second-order valence-corrected chi connectivity index (χ2v) is 10.4. The number of rotatable bonds is 12. The van der Waals surface area contributed by atoms with E-state index in [1.807, 2.05) is 30.3 Å². The fourth-order valence-corrected chi connectivity index (χ4v) is 5.32. The molecule has 0 bridgehead atoms. The van der Waals surface area contributed by atoms with Crippen LogP contribution in [0.3, 0.4) is 0 Å². The Hall–Kier alpha value is -4.67. The SMILES string of the molecule is COc1cc(Cn2c(=O)c3cc(OC(CF)CF)ccc3n(C3CCN(C=O)CC3)c2=O)ccc1OCc1ccccc1. The highest BCUT2D eigenvalue weighted by Crippen LogP contribution is 2.30. The van der Waals surface area contributed by atoms with Crippen molar-refractivity contribution < 1.29 is 27.8 Å². The lowest BCUT2D eigenvalue weighted by Gasteiger charge is -2.31. The molecule has 3 aromatic carbocycles. The molecule has 9 nitrogen and oxygen atoms in total. The highest BCUT2D eigenvalue weighted by atomic mass is 19.1. The Morgan fingerprint density at radius 3 is 2.35 bits per heavy atom. The number of likely N-dealkylation sites (tertiary alicyclic amines) is 1. The van der Waals surface area contributed by atoms with Crippen LogP contribution in [0.2, 0.25) is 0 Å². The third-order valence-corrected chi connectivity index (χ3v) is 7.61. The smallest absolute Gasteiger partial charge is 0.332 e. The van der Waals surface area contributed by atoms with Crippen LogP contribution in [0.15, 0.2) is 76.3 Å². The quantitative estimate of drug-likeness (QED) is 0.228. The molecule has 4 aromatic rings. The summed E-state index contributed by atoms with van der Waals surface area (Å²) >= 11 is 0. The number of piperidine rings is 1. The Kier molecular flexibility index (Phi) is 9.38. The minimum Gasteiger partial charge on any atom is -0.493 e. The van der Waals surface area contributed by atoms with Gasteiger partial charge in [-0.2, -0.15) is 0 Å². The molecular formula is C32H33F2N3O6. The van der Waals surface area contributed by atoms with E-state index < -0.39 is 30.7 Å². The number of carbonyl (C=O) groups excluding carboxylic acids is 1. The van der Waals surface area contributed by atoms with Gasteiger partial charge in [-0.05, 0) is 54.3 Å². The van der Waals surface area contributed by atoms with E-state index in [1.165, 1.54) is 19.2 Å². The van der Waals surface area contributed by atoms with Gasteiger partial charge in [-0.25, -0.2) is 13.6 Å². The lowest BCUT2D eigenvalue weighted by atomic mass is 10.0. The zero-order valence-electron chi connectivity index (χ0n) is 23.8. The zero-order valence-corrected chi connectivity index (χ0v) is 23.8. The van der Waals surface area contributed by atoms with Gasteiger partial charge in [-0.3, -0.25) is 18.7 Å². The molecule has 43 heavy (non-hydrogen) atoms. The second-order valence-electron chi connectivity index (χ2n) is 10.4. The van der Waals surface area contributed by atoms with Gasteiger partial charge in [-0.1, -0.05) is 36.4 Å². The minimum atomic E-state index is -1.30. The van der Waals surface area contributed by atoms with Crippen molar-refractivity contribution >= 4 is 17.3 Å². The molecule has 2 heterocycles. The predicted octanol–water partition coefficient (Wildman–Crippen LogP) is 4.28. The summed E-state index contributed by atoms with van der Waals surface area (Å²) in [7, 11) is 1.51. The molecule has 1 saturated heterocycles. The summed E-state index contributed by atoms with van der Waals surface area (Å²) < 4.78 is 46.0. The van der Waals surface area contributed by atoms with Gasteiger partial charge >= 0.3 is 5.69 Å². The van der Waals surface area contributed by atoms with Crippen LogP contribution in [0, 0.1) is 0 Å². The van der Waals surface area contributed by atoms with Crippen molar-refractivity contribution in [2.45, 2.75) is 38.1 Å². The first-order valence-corrected chi connectivity index (χ1v) is 14.1. The molecule has 0 aliphatic carbocycles. The first-order chi connectivity index (χ1) is 20.9. The Labute approximate surface area is 246 Å². The zero-order chi connectivity index (χ0) is 30.3. The van der Waals surface area contributed by atoms with Crippen molar-refractivity contribution in [2.75, 3.05) is 33.5 Å². The summed E-state index contributed by atoms with van der Waals surface area (Å²) in [6.45, 7) is -0.832. The van der Waals surface area contributed by atoms with E-state index in [1.54, 1.807) is 33.7 Å². The van der Waals surface area contributed by atoms with Gasteiger partial charge in [0, 0.05) is 19.1 Å². The number of methoxy groups -OCH3 is 1. The summed E-state index contributed by atoms with van der Waals surface area (Å²) in [4.78, 5) is 40.7. The van der Waals surface area contributed by atoms with E-state index in [9.17, 15) is 23.2 Å². The molecule has 1 aliphatic heterocycles. The highest BCUT2D eigenvalue weighted by molar-refractivity contribution is 5.80. The molecule has 1 amide bonds. The Morgan fingerprint density at radius 2 is 1.67 bits per heavy atom. The van der Waals surface area contributed by atoms with Crippen molar-refractivity contribution in [3.05, 3.63) is 98.7 Å². The molecule has 0 atom stereocenters. The van der Waals surface area contributed by atoms with Gasteiger partial charge in [0.1, 0.15) is 25.7 Å². The molecule has 0 saturated carbocycles. The molecule has 5 rings (SSSR count). The maximum absolute atomic E-state index is 14.0. The van der Waals surface area contributed by atoms with Crippen LogP contribution in [0.1, 0.15) is 30.0 Å². The summed E-state index contributed by atoms with van der Waals surface area (Å²) in [5.41, 5.74) is 0.954. The highest BCUT2D eigenvalue weighted by Gasteiger charge is 2.25. The van der Waals surface area contributed by atoms with Gasteiger partial charge in [0.25, 0.3) is 5.56 Å². The van der Waals surface area contributed by atoms with Crippen LogP contribution in [-0.4, -0.2) is 60.1 Å². The summed E-state index contributed by atoms with van der Waals surface area (Å²) in [5.74, 6) is 1.08. The van der Waals surface area contributed by atoms with E-state index >= 15 is 0 Å². The number of benzene rings is 3. The normalized spacial score (nSPS) is 13.8. The fraction of sp³-hybridized carbons (Fsp3) is 0.344. The maximum atomic E-state index is 14.0. The Balaban J connectivity index is 1.53. The van der Waals surface area contributed by atoms with E-state index in [0.29, 0.717) is 55.1 Å². The van der Waals surface area contributed by atoms with Gasteiger partial charge in [-0.15, -0.1) is 0 Å². The van der Waals surface area contributed by atoms with Crippen LogP contribution in [0.5, 0.6) is 17.2 Å². The van der Waals surface area contributed by atoms with Crippen molar-refractivity contribution in [3.63, 3.8) is 0 Å². The van der Waals surface area contributed by atoms with Crippen molar-refractivity contribution in [1.82, 2.24) is 14.0 Å². The first kappa shape index (κ1) is 29.8. The van der Waals surface area contributed by atoms with Crippen molar-refractivity contribution in [1.29, 1.82) is 0 Å². The molecular weight excluding hydrogens is 560 g/mol. The van der Waals surface area contributed by atoms with Crippen LogP contribution in [0.4, 0.5) is 8.78 Å². The predicted molar refractivity (Wildman–Crippen MR) is 158 cm³/mol. The monoisotopic (exact) mass is 593 g/mol. The molecule has 1 aliphatic rings. The van der Waals surface area contributed by atoms with E-state index in [-0.39, 0.29) is 23.7 Å². The standard InChI is InChI=1S/C32H33F2N3O6/c1-41-30-15-23(7-10-29(30)42-20-22-5-3-2-4-6-22)19-36-31(39)27-16-25(43-26(17-33)18-34)8-9-28(27)37(32(36)40)24-11-13-35(21-38)14-12-24/h2-10,15-16,21,24,26H,11-14,17-20H2,1H3. The van der Waals surface area contributed by atoms with Gasteiger partial charge < -0.3 is 19.1 Å². The number of ether oxygens (including phenoxy) is 3. The van der Waals surface area contributed by atoms with Gasteiger partial charge in [0.2, 0.25) is 6.41 Å². The number of nitrogens with zero attached hydrogens (tertiary/aromatic N) is 3. The second kappa shape index (κ2) is 13.5. The fourth-order valence-electron chi connectivity index (χ4n) is 5.32. The van der Waals surface area contributed by atoms with Crippen molar-refractivity contribution in [2.24, 2.45) is 0 Å². The molecule has 11 heteroatoms. The topological polar surface area (TPSA) is 92.0 Å². The summed E-state index contributed by atoms with van der Waals surface area (Å²) in [6.07, 6.45) is 0.538. The number of fused-ring (bicyclic) bond motifs is 1. The molecule has 0 spiro atoms. The molecule has 0 radical (unpaired) electrons. The van der Waals surface area contributed by atoms with Crippen LogP contribution >= 0.6 is 0 Å². The Bertz CT molecular complexity index is 1680. The number of aromatic nitrogens is 2. The van der Waals surface area contributed by atoms with Crippen molar-refractivity contribution in [3.8, 4) is 17.2 Å².